The second kappa shape index (κ2) is 7.01. The number of carbonyl (C=O) groups is 1. The highest BCUT2D eigenvalue weighted by Gasteiger charge is 2.47. The van der Waals surface area contributed by atoms with Crippen LogP contribution in [0.1, 0.15) is 24.8 Å². The van der Waals surface area contributed by atoms with Crippen LogP contribution in [-0.2, 0) is 17.3 Å². The Bertz CT molecular complexity index is 590. The van der Waals surface area contributed by atoms with E-state index < -0.39 is 10.8 Å². The predicted octanol–water partition coefficient (Wildman–Crippen LogP) is 1.63. The van der Waals surface area contributed by atoms with Crippen LogP contribution in [0, 0.1) is 17.8 Å². The Morgan fingerprint density at radius 1 is 1.26 bits per heavy atom. The standard InChI is InChI=1S/C17H24N2O3S/c1-23(22)14-6-2-11(3-7-14)9-18-17(21)19-16-13-5-4-12(8-13)15(16)10-20/h2-3,6-7,12-13,15-16,20H,4-5,8-10H2,1H3,(H2,18,19,21). The van der Waals surface area contributed by atoms with Gasteiger partial charge in [0, 0.05) is 47.1 Å². The van der Waals surface area contributed by atoms with E-state index in [4.69, 9.17) is 0 Å². The molecule has 3 N–H and O–H groups in total. The number of aliphatic hydroxyl groups excluding tert-OH is 1. The molecule has 23 heavy (non-hydrogen) atoms. The first kappa shape index (κ1) is 16.5. The first-order chi connectivity index (χ1) is 11.1. The fraction of sp³-hybridized carbons (Fsp3) is 0.588. The Labute approximate surface area is 139 Å². The van der Waals surface area contributed by atoms with Gasteiger partial charge in [-0.25, -0.2) is 4.79 Å². The van der Waals surface area contributed by atoms with Gasteiger partial charge >= 0.3 is 6.03 Å². The summed E-state index contributed by atoms with van der Waals surface area (Å²) in [6.45, 7) is 0.592. The Morgan fingerprint density at radius 2 is 1.96 bits per heavy atom. The second-order valence-corrected chi connectivity index (χ2v) is 8.01. The average Bonchev–Trinajstić information content (AvgIpc) is 3.14. The normalized spacial score (nSPS) is 30.2. The predicted molar refractivity (Wildman–Crippen MR) is 89.3 cm³/mol. The van der Waals surface area contributed by atoms with Gasteiger partial charge in [0.25, 0.3) is 0 Å². The zero-order valence-corrected chi connectivity index (χ0v) is 14.1. The van der Waals surface area contributed by atoms with Gasteiger partial charge in [0.1, 0.15) is 0 Å². The monoisotopic (exact) mass is 336 g/mol. The van der Waals surface area contributed by atoms with Crippen molar-refractivity contribution < 1.29 is 14.1 Å². The van der Waals surface area contributed by atoms with Crippen LogP contribution in [0.4, 0.5) is 4.79 Å². The van der Waals surface area contributed by atoms with E-state index in [1.165, 1.54) is 6.42 Å². The van der Waals surface area contributed by atoms with Crippen molar-refractivity contribution in [3.05, 3.63) is 29.8 Å². The highest BCUT2D eigenvalue weighted by molar-refractivity contribution is 7.84. The van der Waals surface area contributed by atoms with E-state index in [1.807, 2.05) is 24.3 Å². The quantitative estimate of drug-likeness (QED) is 0.765. The van der Waals surface area contributed by atoms with Crippen molar-refractivity contribution in [1.29, 1.82) is 0 Å². The number of nitrogens with one attached hydrogen (secondary N) is 2. The Kier molecular flexibility index (Phi) is 5.02. The summed E-state index contributed by atoms with van der Waals surface area (Å²) >= 11 is 0. The van der Waals surface area contributed by atoms with Crippen LogP contribution in [0.2, 0.25) is 0 Å². The lowest BCUT2D eigenvalue weighted by molar-refractivity contribution is 0.144. The molecule has 5 nitrogen and oxygen atoms in total. The van der Waals surface area contributed by atoms with Crippen LogP contribution >= 0.6 is 0 Å². The molecule has 2 fully saturated rings. The number of urea groups is 1. The van der Waals surface area contributed by atoms with E-state index in [2.05, 4.69) is 10.6 Å². The molecule has 0 heterocycles. The summed E-state index contributed by atoms with van der Waals surface area (Å²) < 4.78 is 11.3. The zero-order chi connectivity index (χ0) is 16.4. The maximum atomic E-state index is 12.1. The molecule has 0 saturated heterocycles. The molecule has 0 aromatic heterocycles. The smallest absolute Gasteiger partial charge is 0.315 e. The molecule has 6 heteroatoms. The van der Waals surface area contributed by atoms with Crippen molar-refractivity contribution in [2.24, 2.45) is 17.8 Å². The summed E-state index contributed by atoms with van der Waals surface area (Å²) in [6, 6.07) is 7.33. The molecule has 2 aliphatic rings. The number of rotatable bonds is 5. The van der Waals surface area contributed by atoms with E-state index in [-0.39, 0.29) is 24.6 Å². The molecule has 1 aromatic rings. The molecule has 5 atom stereocenters. The van der Waals surface area contributed by atoms with Gasteiger partial charge in [-0.3, -0.25) is 4.21 Å². The maximum Gasteiger partial charge on any atom is 0.315 e. The minimum atomic E-state index is -0.983. The van der Waals surface area contributed by atoms with Crippen LogP contribution in [0.25, 0.3) is 0 Å². The molecule has 2 amide bonds. The number of amides is 2. The van der Waals surface area contributed by atoms with Gasteiger partial charge in [-0.2, -0.15) is 0 Å². The lowest BCUT2D eigenvalue weighted by Crippen LogP contribution is -2.48. The van der Waals surface area contributed by atoms with Crippen LogP contribution in [-0.4, -0.2) is 34.3 Å². The van der Waals surface area contributed by atoms with Gasteiger partial charge in [0.2, 0.25) is 0 Å². The fourth-order valence-corrected chi connectivity index (χ4v) is 4.60. The molecule has 1 aromatic carbocycles. The van der Waals surface area contributed by atoms with Crippen molar-refractivity contribution in [1.82, 2.24) is 10.6 Å². The Balaban J connectivity index is 1.51. The van der Waals surface area contributed by atoms with Crippen molar-refractivity contribution >= 4 is 16.8 Å². The van der Waals surface area contributed by atoms with Crippen molar-refractivity contribution in [3.8, 4) is 0 Å². The van der Waals surface area contributed by atoms with Gasteiger partial charge in [-0.05, 0) is 48.8 Å². The highest BCUT2D eigenvalue weighted by atomic mass is 32.2. The van der Waals surface area contributed by atoms with Crippen LogP contribution < -0.4 is 10.6 Å². The molecule has 0 spiro atoms. The molecule has 0 aliphatic heterocycles. The SMILES string of the molecule is CS(=O)c1ccc(CNC(=O)NC2C3CCC(C3)C2CO)cc1. The molecule has 126 valence electrons. The first-order valence-electron chi connectivity index (χ1n) is 8.16. The van der Waals surface area contributed by atoms with Crippen molar-refractivity contribution in [2.75, 3.05) is 12.9 Å². The number of aliphatic hydroxyl groups is 1. The second-order valence-electron chi connectivity index (χ2n) is 6.63. The van der Waals surface area contributed by atoms with E-state index in [1.54, 1.807) is 6.26 Å². The number of carbonyl (C=O) groups excluding carboxylic acids is 1. The summed E-state index contributed by atoms with van der Waals surface area (Å²) in [4.78, 5) is 12.9. The van der Waals surface area contributed by atoms with Gasteiger partial charge in [0.15, 0.2) is 0 Å². The average molecular weight is 336 g/mol. The summed E-state index contributed by atoms with van der Waals surface area (Å²) in [5.41, 5.74) is 0.973. The number of fused-ring (bicyclic) bond motifs is 2. The molecule has 5 unspecified atom stereocenters. The lowest BCUT2D eigenvalue weighted by Gasteiger charge is -2.30. The van der Waals surface area contributed by atoms with Gasteiger partial charge < -0.3 is 15.7 Å². The number of hydrogen-bond acceptors (Lipinski definition) is 3. The van der Waals surface area contributed by atoms with Crippen molar-refractivity contribution in [3.63, 3.8) is 0 Å². The number of benzene rings is 1. The molecule has 2 saturated carbocycles. The molecular formula is C17H24N2O3S. The third kappa shape index (κ3) is 3.58. The molecule has 2 aliphatic carbocycles. The van der Waals surface area contributed by atoms with E-state index in [0.717, 1.165) is 23.3 Å². The van der Waals surface area contributed by atoms with Gasteiger partial charge in [-0.15, -0.1) is 0 Å². The van der Waals surface area contributed by atoms with Crippen LogP contribution in [0.3, 0.4) is 0 Å². The molecular weight excluding hydrogens is 312 g/mol. The van der Waals surface area contributed by atoms with Crippen LogP contribution in [0.15, 0.2) is 29.2 Å². The minimum Gasteiger partial charge on any atom is -0.396 e. The third-order valence-corrected chi connectivity index (χ3v) is 6.24. The van der Waals surface area contributed by atoms with Gasteiger partial charge in [-0.1, -0.05) is 12.1 Å². The van der Waals surface area contributed by atoms with E-state index in [0.29, 0.717) is 18.4 Å². The first-order valence-corrected chi connectivity index (χ1v) is 9.72. The third-order valence-electron chi connectivity index (χ3n) is 5.31. The summed E-state index contributed by atoms with van der Waals surface area (Å²) in [5, 5.41) is 15.5. The summed E-state index contributed by atoms with van der Waals surface area (Å²) in [5.74, 6) is 1.29. The molecule has 3 rings (SSSR count). The Hall–Kier alpha value is -1.40. The molecule has 2 bridgehead atoms. The van der Waals surface area contributed by atoms with Crippen LogP contribution in [0.5, 0.6) is 0 Å². The largest absolute Gasteiger partial charge is 0.396 e. The lowest BCUT2D eigenvalue weighted by atomic mass is 9.85. The maximum absolute atomic E-state index is 12.1. The molecule has 0 radical (unpaired) electrons. The minimum absolute atomic E-state index is 0.101. The topological polar surface area (TPSA) is 78.4 Å². The van der Waals surface area contributed by atoms with Crippen molar-refractivity contribution in [2.45, 2.75) is 36.7 Å². The van der Waals surface area contributed by atoms with Gasteiger partial charge in [0.05, 0.1) is 0 Å². The fourth-order valence-electron chi connectivity index (χ4n) is 4.08. The van der Waals surface area contributed by atoms with E-state index >= 15 is 0 Å². The van der Waals surface area contributed by atoms with E-state index in [9.17, 15) is 14.1 Å². The zero-order valence-electron chi connectivity index (χ0n) is 13.3. The Morgan fingerprint density at radius 3 is 2.61 bits per heavy atom. The summed E-state index contributed by atoms with van der Waals surface area (Å²) in [6.07, 6.45) is 5.11. The highest BCUT2D eigenvalue weighted by Crippen LogP contribution is 2.48. The number of hydrogen-bond donors (Lipinski definition) is 3. The summed E-state index contributed by atoms with van der Waals surface area (Å²) in [7, 11) is -0.983.